The molecule has 2 heterocycles. The first-order chi connectivity index (χ1) is 12.4. The highest BCUT2D eigenvalue weighted by molar-refractivity contribution is 6.09. The Kier molecular flexibility index (Phi) is 5.03. The van der Waals surface area contributed by atoms with E-state index in [9.17, 15) is 14.4 Å². The fourth-order valence-corrected chi connectivity index (χ4v) is 4.23. The number of piperidine rings is 1. The normalized spacial score (nSPS) is 29.0. The highest BCUT2D eigenvalue weighted by Gasteiger charge is 2.51. The maximum absolute atomic E-state index is 13.1. The van der Waals surface area contributed by atoms with E-state index in [1.165, 1.54) is 0 Å². The minimum atomic E-state index is -1.08. The van der Waals surface area contributed by atoms with Gasteiger partial charge in [-0.1, -0.05) is 51.1 Å². The summed E-state index contributed by atoms with van der Waals surface area (Å²) < 4.78 is 0. The minimum absolute atomic E-state index is 0.160. The van der Waals surface area contributed by atoms with Crippen molar-refractivity contribution in [2.45, 2.75) is 39.2 Å². The molecule has 0 spiro atoms. The SMILES string of the molecule is CCC1(c2ccccc2)NC(=O)N(CC(=O)N2CC(C)CC(C)C2)C1=O. The molecule has 0 bridgehead atoms. The Hall–Kier alpha value is -2.37. The van der Waals surface area contributed by atoms with Gasteiger partial charge >= 0.3 is 6.03 Å². The van der Waals surface area contributed by atoms with Crippen LogP contribution in [0.4, 0.5) is 4.79 Å². The van der Waals surface area contributed by atoms with E-state index in [1.807, 2.05) is 37.3 Å². The molecule has 3 rings (SSSR count). The molecule has 0 aromatic heterocycles. The summed E-state index contributed by atoms with van der Waals surface area (Å²) in [5.74, 6) is 0.365. The van der Waals surface area contributed by atoms with E-state index in [0.29, 0.717) is 31.3 Å². The van der Waals surface area contributed by atoms with Crippen LogP contribution in [0.3, 0.4) is 0 Å². The summed E-state index contributed by atoms with van der Waals surface area (Å²) in [5, 5.41) is 2.83. The van der Waals surface area contributed by atoms with Gasteiger partial charge in [-0.05, 0) is 30.2 Å². The largest absolute Gasteiger partial charge is 0.341 e. The lowest BCUT2D eigenvalue weighted by atomic mass is 9.87. The summed E-state index contributed by atoms with van der Waals surface area (Å²) in [4.78, 5) is 41.2. The van der Waals surface area contributed by atoms with Gasteiger partial charge in [0.2, 0.25) is 5.91 Å². The first-order valence-electron chi connectivity index (χ1n) is 9.34. The number of hydrogen-bond donors (Lipinski definition) is 1. The Morgan fingerprint density at radius 1 is 1.15 bits per heavy atom. The Morgan fingerprint density at radius 3 is 2.35 bits per heavy atom. The fourth-order valence-electron chi connectivity index (χ4n) is 4.23. The molecule has 1 N–H and O–H groups in total. The Labute approximate surface area is 154 Å². The number of hydrogen-bond acceptors (Lipinski definition) is 3. The van der Waals surface area contributed by atoms with Crippen molar-refractivity contribution >= 4 is 17.8 Å². The van der Waals surface area contributed by atoms with Gasteiger partial charge in [0.1, 0.15) is 12.1 Å². The van der Waals surface area contributed by atoms with Crippen LogP contribution in [0.1, 0.15) is 39.2 Å². The number of likely N-dealkylation sites (tertiary alicyclic amines) is 1. The monoisotopic (exact) mass is 357 g/mol. The minimum Gasteiger partial charge on any atom is -0.341 e. The van der Waals surface area contributed by atoms with Crippen LogP contribution in [-0.4, -0.2) is 47.3 Å². The van der Waals surface area contributed by atoms with Crippen LogP contribution in [0.2, 0.25) is 0 Å². The molecule has 0 radical (unpaired) electrons. The number of rotatable bonds is 4. The second-order valence-electron chi connectivity index (χ2n) is 7.69. The lowest BCUT2D eigenvalue weighted by Crippen LogP contribution is -2.49. The molecule has 0 aliphatic carbocycles. The number of carbonyl (C=O) groups excluding carboxylic acids is 3. The zero-order chi connectivity index (χ0) is 18.9. The second-order valence-corrected chi connectivity index (χ2v) is 7.69. The van der Waals surface area contributed by atoms with Crippen LogP contribution in [-0.2, 0) is 15.1 Å². The molecule has 2 aliphatic rings. The van der Waals surface area contributed by atoms with Gasteiger partial charge in [-0.15, -0.1) is 0 Å². The molecular weight excluding hydrogens is 330 g/mol. The lowest BCUT2D eigenvalue weighted by molar-refractivity contribution is -0.140. The van der Waals surface area contributed by atoms with E-state index in [4.69, 9.17) is 0 Å². The standard InChI is InChI=1S/C20H27N3O3/c1-4-20(16-8-6-5-7-9-16)18(25)23(19(26)21-20)13-17(24)22-11-14(2)10-15(3)12-22/h5-9,14-15H,4,10-13H2,1-3H3,(H,21,26). The molecule has 4 amide bonds. The molecule has 6 nitrogen and oxygen atoms in total. The van der Waals surface area contributed by atoms with Crippen LogP contribution in [0.15, 0.2) is 30.3 Å². The van der Waals surface area contributed by atoms with Crippen LogP contribution in [0.25, 0.3) is 0 Å². The van der Waals surface area contributed by atoms with E-state index in [-0.39, 0.29) is 18.4 Å². The van der Waals surface area contributed by atoms with Gasteiger partial charge in [-0.2, -0.15) is 0 Å². The van der Waals surface area contributed by atoms with Crippen molar-refractivity contribution in [3.63, 3.8) is 0 Å². The molecule has 3 unspecified atom stereocenters. The maximum Gasteiger partial charge on any atom is 0.325 e. The first-order valence-corrected chi connectivity index (χ1v) is 9.34. The van der Waals surface area contributed by atoms with Crippen molar-refractivity contribution in [1.29, 1.82) is 0 Å². The quantitative estimate of drug-likeness (QED) is 0.841. The van der Waals surface area contributed by atoms with Gasteiger partial charge in [0.25, 0.3) is 5.91 Å². The summed E-state index contributed by atoms with van der Waals surface area (Å²) in [5.41, 5.74) is -0.336. The smallest absolute Gasteiger partial charge is 0.325 e. The van der Waals surface area contributed by atoms with Crippen LogP contribution >= 0.6 is 0 Å². The Bertz CT molecular complexity index is 696. The summed E-state index contributed by atoms with van der Waals surface area (Å²) in [6.07, 6.45) is 1.53. The number of urea groups is 1. The number of amides is 4. The topological polar surface area (TPSA) is 69.7 Å². The molecule has 2 aliphatic heterocycles. The van der Waals surface area contributed by atoms with Gasteiger partial charge in [0.15, 0.2) is 0 Å². The predicted octanol–water partition coefficient (Wildman–Crippen LogP) is 2.35. The van der Waals surface area contributed by atoms with Gasteiger partial charge in [-0.3, -0.25) is 14.5 Å². The average Bonchev–Trinajstić information content (AvgIpc) is 2.86. The molecule has 1 aromatic rings. The summed E-state index contributed by atoms with van der Waals surface area (Å²) in [6.45, 7) is 7.29. The molecule has 3 atom stereocenters. The van der Waals surface area contributed by atoms with Gasteiger partial charge in [0.05, 0.1) is 0 Å². The van der Waals surface area contributed by atoms with Crippen molar-refractivity contribution in [3.05, 3.63) is 35.9 Å². The van der Waals surface area contributed by atoms with E-state index in [0.717, 1.165) is 16.9 Å². The number of benzene rings is 1. The van der Waals surface area contributed by atoms with Crippen LogP contribution in [0, 0.1) is 11.8 Å². The summed E-state index contributed by atoms with van der Waals surface area (Å²) in [6, 6.07) is 8.73. The van der Waals surface area contributed by atoms with E-state index in [1.54, 1.807) is 4.90 Å². The number of nitrogens with zero attached hydrogens (tertiary/aromatic N) is 2. The zero-order valence-electron chi connectivity index (χ0n) is 15.7. The maximum atomic E-state index is 13.1. The third-order valence-electron chi connectivity index (χ3n) is 5.49. The van der Waals surface area contributed by atoms with Crippen molar-refractivity contribution in [3.8, 4) is 0 Å². The first kappa shape index (κ1) is 18.4. The molecule has 0 saturated carbocycles. The van der Waals surface area contributed by atoms with Gasteiger partial charge in [0, 0.05) is 13.1 Å². The fraction of sp³-hybridized carbons (Fsp3) is 0.550. The van der Waals surface area contributed by atoms with Crippen molar-refractivity contribution in [2.75, 3.05) is 19.6 Å². The van der Waals surface area contributed by atoms with Crippen molar-refractivity contribution in [1.82, 2.24) is 15.1 Å². The number of nitrogens with one attached hydrogen (secondary N) is 1. The Morgan fingerprint density at radius 2 is 1.77 bits per heavy atom. The molecular formula is C20H27N3O3. The van der Waals surface area contributed by atoms with Crippen LogP contribution in [0.5, 0.6) is 0 Å². The average molecular weight is 357 g/mol. The molecule has 2 saturated heterocycles. The predicted molar refractivity (Wildman–Crippen MR) is 98.2 cm³/mol. The summed E-state index contributed by atoms with van der Waals surface area (Å²) >= 11 is 0. The van der Waals surface area contributed by atoms with Gasteiger partial charge < -0.3 is 10.2 Å². The highest BCUT2D eigenvalue weighted by Crippen LogP contribution is 2.32. The zero-order valence-corrected chi connectivity index (χ0v) is 15.7. The molecule has 26 heavy (non-hydrogen) atoms. The summed E-state index contributed by atoms with van der Waals surface area (Å²) in [7, 11) is 0. The second kappa shape index (κ2) is 7.09. The highest BCUT2D eigenvalue weighted by atomic mass is 16.2. The molecule has 2 fully saturated rings. The van der Waals surface area contributed by atoms with Crippen molar-refractivity contribution in [2.24, 2.45) is 11.8 Å². The molecule has 6 heteroatoms. The van der Waals surface area contributed by atoms with Gasteiger partial charge in [-0.25, -0.2) is 4.79 Å². The Balaban J connectivity index is 1.78. The molecule has 140 valence electrons. The van der Waals surface area contributed by atoms with E-state index in [2.05, 4.69) is 19.2 Å². The lowest BCUT2D eigenvalue weighted by Gasteiger charge is -2.35. The van der Waals surface area contributed by atoms with E-state index >= 15 is 0 Å². The molecule has 1 aromatic carbocycles. The third-order valence-corrected chi connectivity index (χ3v) is 5.49. The third kappa shape index (κ3) is 3.20. The van der Waals surface area contributed by atoms with E-state index < -0.39 is 11.6 Å². The van der Waals surface area contributed by atoms with Crippen LogP contribution < -0.4 is 5.32 Å². The number of carbonyl (C=O) groups is 3. The number of imide groups is 1. The van der Waals surface area contributed by atoms with Crippen molar-refractivity contribution < 1.29 is 14.4 Å².